The molecule has 0 rings (SSSR count). The summed E-state index contributed by atoms with van der Waals surface area (Å²) in [6.45, 7) is 6.05. The number of rotatable bonds is 4. The summed E-state index contributed by atoms with van der Waals surface area (Å²) >= 11 is 3.20. The molecule has 0 spiro atoms. The Kier molecular flexibility index (Phi) is 6.06. The van der Waals surface area contributed by atoms with E-state index in [1.165, 1.54) is 18.4 Å². The molecule has 0 aliphatic rings. The molecule has 0 aromatic heterocycles. The molecule has 52 valence electrons. The highest BCUT2D eigenvalue weighted by Crippen LogP contribution is 2.06. The molecule has 0 aliphatic heterocycles. The molecule has 0 aromatic rings. The molecule has 1 heteroatoms. The van der Waals surface area contributed by atoms with Gasteiger partial charge in [-0.25, -0.2) is 0 Å². The van der Waals surface area contributed by atoms with Crippen molar-refractivity contribution in [1.82, 2.24) is 0 Å². The first-order valence-corrected chi connectivity index (χ1v) is 4.17. The Morgan fingerprint density at radius 1 is 1.67 bits per heavy atom. The largest absolute Gasteiger partial charge is 0.0958 e. The molecule has 0 radical (unpaired) electrons. The predicted octanol–water partition coefficient (Wildman–Crippen LogP) is 3.64. The molecule has 0 heterocycles. The van der Waals surface area contributed by atoms with E-state index in [0.717, 1.165) is 6.42 Å². The Labute approximate surface area is 65.8 Å². The first-order valence-electron chi connectivity index (χ1n) is 3.25. The van der Waals surface area contributed by atoms with Crippen molar-refractivity contribution < 1.29 is 0 Å². The van der Waals surface area contributed by atoms with E-state index in [0.29, 0.717) is 0 Å². The number of hydrogen-bond donors (Lipinski definition) is 0. The smallest absolute Gasteiger partial charge is 0.0186 e. The quantitative estimate of drug-likeness (QED) is 0.592. The van der Waals surface area contributed by atoms with E-state index < -0.39 is 0 Å². The third-order valence-corrected chi connectivity index (χ3v) is 1.41. The summed E-state index contributed by atoms with van der Waals surface area (Å²) in [5, 5.41) is 0. The third-order valence-electron chi connectivity index (χ3n) is 1.15. The van der Waals surface area contributed by atoms with Gasteiger partial charge >= 0.3 is 0 Å². The van der Waals surface area contributed by atoms with Crippen LogP contribution in [0, 0.1) is 0 Å². The third kappa shape index (κ3) is 5.84. The van der Waals surface area contributed by atoms with Gasteiger partial charge in [-0.2, -0.15) is 0 Å². The van der Waals surface area contributed by atoms with Gasteiger partial charge in [-0.1, -0.05) is 47.5 Å². The minimum atomic E-state index is 1.12. The van der Waals surface area contributed by atoms with Crippen molar-refractivity contribution in [2.75, 3.05) is 0 Å². The van der Waals surface area contributed by atoms with Crippen LogP contribution in [0.1, 0.15) is 26.2 Å². The molecule has 0 aromatic carbocycles. The summed E-state index contributed by atoms with van der Waals surface area (Å²) in [7, 11) is 0. The van der Waals surface area contributed by atoms with Gasteiger partial charge in [-0.3, -0.25) is 0 Å². The van der Waals surface area contributed by atoms with Crippen LogP contribution in [0.4, 0.5) is 0 Å². The maximum atomic E-state index is 3.87. The van der Waals surface area contributed by atoms with Crippen LogP contribution in [0.5, 0.6) is 0 Å². The molecule has 0 fully saturated rings. The SMILES string of the molecule is C=C(/C=C\Br)CCCC. The van der Waals surface area contributed by atoms with Crippen LogP contribution in [0.25, 0.3) is 0 Å². The molecule has 0 unspecified atom stereocenters. The zero-order valence-corrected chi connectivity index (χ0v) is 7.45. The Morgan fingerprint density at radius 2 is 2.33 bits per heavy atom. The van der Waals surface area contributed by atoms with Crippen molar-refractivity contribution in [3.8, 4) is 0 Å². The second-order valence-corrected chi connectivity index (χ2v) is 2.58. The molecule has 0 N–H and O–H groups in total. The van der Waals surface area contributed by atoms with Crippen molar-refractivity contribution in [3.05, 3.63) is 23.2 Å². The second-order valence-electron chi connectivity index (χ2n) is 2.05. The molecule has 0 atom stereocenters. The van der Waals surface area contributed by atoms with Crippen molar-refractivity contribution in [3.63, 3.8) is 0 Å². The first kappa shape index (κ1) is 8.96. The number of hydrogen-bond acceptors (Lipinski definition) is 0. The lowest BCUT2D eigenvalue weighted by Gasteiger charge is -1.94. The number of unbranched alkanes of at least 4 members (excludes halogenated alkanes) is 1. The van der Waals surface area contributed by atoms with E-state index in [1.54, 1.807) is 0 Å². The van der Waals surface area contributed by atoms with Crippen LogP contribution in [0.15, 0.2) is 23.2 Å². The normalized spacial score (nSPS) is 10.4. The van der Waals surface area contributed by atoms with Gasteiger partial charge in [0.2, 0.25) is 0 Å². The Bertz CT molecular complexity index is 103. The fourth-order valence-corrected chi connectivity index (χ4v) is 0.950. The van der Waals surface area contributed by atoms with Crippen LogP contribution in [0.2, 0.25) is 0 Å². The number of allylic oxidation sites excluding steroid dienone is 2. The summed E-state index contributed by atoms with van der Waals surface area (Å²) in [5.74, 6) is 0. The standard InChI is InChI=1S/C8H13Br/c1-3-4-5-8(2)6-7-9/h6-7H,2-5H2,1H3/b7-6-. The maximum absolute atomic E-state index is 3.87. The molecule has 0 saturated carbocycles. The van der Waals surface area contributed by atoms with Gasteiger partial charge in [0.25, 0.3) is 0 Å². The molecule has 0 aliphatic carbocycles. The van der Waals surface area contributed by atoms with Crippen molar-refractivity contribution in [2.45, 2.75) is 26.2 Å². The van der Waals surface area contributed by atoms with Gasteiger partial charge in [0.15, 0.2) is 0 Å². The van der Waals surface area contributed by atoms with E-state index >= 15 is 0 Å². The summed E-state index contributed by atoms with van der Waals surface area (Å²) in [6, 6.07) is 0. The molecule has 0 saturated heterocycles. The van der Waals surface area contributed by atoms with Gasteiger partial charge < -0.3 is 0 Å². The Hall–Kier alpha value is -0.0400. The van der Waals surface area contributed by atoms with Crippen LogP contribution in [0.3, 0.4) is 0 Å². The average Bonchev–Trinajstić information content (AvgIpc) is 1.85. The lowest BCUT2D eigenvalue weighted by Crippen LogP contribution is -1.74. The van der Waals surface area contributed by atoms with Gasteiger partial charge in [0.1, 0.15) is 0 Å². The lowest BCUT2D eigenvalue weighted by molar-refractivity contribution is 0.800. The summed E-state index contributed by atoms with van der Waals surface area (Å²) < 4.78 is 0. The fourth-order valence-electron chi connectivity index (χ4n) is 0.576. The lowest BCUT2D eigenvalue weighted by atomic mass is 10.1. The van der Waals surface area contributed by atoms with Gasteiger partial charge in [-0.15, -0.1) is 0 Å². The zero-order valence-electron chi connectivity index (χ0n) is 5.86. The summed E-state index contributed by atoms with van der Waals surface area (Å²) in [4.78, 5) is 1.85. The van der Waals surface area contributed by atoms with E-state index in [1.807, 2.05) is 11.1 Å². The molecular weight excluding hydrogens is 176 g/mol. The van der Waals surface area contributed by atoms with Crippen LogP contribution in [-0.4, -0.2) is 0 Å². The predicted molar refractivity (Wildman–Crippen MR) is 46.7 cm³/mol. The van der Waals surface area contributed by atoms with E-state index in [4.69, 9.17) is 0 Å². The van der Waals surface area contributed by atoms with E-state index in [-0.39, 0.29) is 0 Å². The highest BCUT2D eigenvalue weighted by atomic mass is 79.9. The van der Waals surface area contributed by atoms with E-state index in [2.05, 4.69) is 29.4 Å². The van der Waals surface area contributed by atoms with Gasteiger partial charge in [0.05, 0.1) is 0 Å². The van der Waals surface area contributed by atoms with Crippen molar-refractivity contribution in [1.29, 1.82) is 0 Å². The average molecular weight is 189 g/mol. The van der Waals surface area contributed by atoms with Crippen LogP contribution < -0.4 is 0 Å². The first-order chi connectivity index (χ1) is 4.31. The van der Waals surface area contributed by atoms with Crippen molar-refractivity contribution in [2.24, 2.45) is 0 Å². The summed E-state index contributed by atoms with van der Waals surface area (Å²) in [6.07, 6.45) is 5.61. The molecule has 0 nitrogen and oxygen atoms in total. The second kappa shape index (κ2) is 6.09. The van der Waals surface area contributed by atoms with Crippen molar-refractivity contribution >= 4 is 15.9 Å². The Balaban J connectivity index is 3.27. The van der Waals surface area contributed by atoms with Gasteiger partial charge in [0, 0.05) is 0 Å². The molecular formula is C8H13Br. The minimum absolute atomic E-state index is 1.12. The van der Waals surface area contributed by atoms with Crippen LogP contribution >= 0.6 is 15.9 Å². The minimum Gasteiger partial charge on any atom is -0.0958 e. The highest BCUT2D eigenvalue weighted by Gasteiger charge is 1.85. The topological polar surface area (TPSA) is 0 Å². The number of halogens is 1. The fraction of sp³-hybridized carbons (Fsp3) is 0.500. The van der Waals surface area contributed by atoms with Gasteiger partial charge in [-0.05, 0) is 17.8 Å². The van der Waals surface area contributed by atoms with Crippen LogP contribution in [-0.2, 0) is 0 Å². The molecule has 0 bridgehead atoms. The monoisotopic (exact) mass is 188 g/mol. The maximum Gasteiger partial charge on any atom is -0.0186 e. The Morgan fingerprint density at radius 3 is 2.78 bits per heavy atom. The molecule has 9 heavy (non-hydrogen) atoms. The summed E-state index contributed by atoms with van der Waals surface area (Å²) in [5.41, 5.74) is 1.20. The van der Waals surface area contributed by atoms with E-state index in [9.17, 15) is 0 Å². The molecule has 0 amide bonds. The highest BCUT2D eigenvalue weighted by molar-refractivity contribution is 9.11. The zero-order chi connectivity index (χ0) is 7.11.